The molecule has 0 aromatic carbocycles. The summed E-state index contributed by atoms with van der Waals surface area (Å²) in [5.41, 5.74) is 1.47. The number of hydrogen-bond donors (Lipinski definition) is 2. The molecule has 0 saturated heterocycles. The van der Waals surface area contributed by atoms with Crippen molar-refractivity contribution in [1.29, 1.82) is 0 Å². The van der Waals surface area contributed by atoms with Gasteiger partial charge in [0.25, 0.3) is 0 Å². The van der Waals surface area contributed by atoms with E-state index in [1.54, 1.807) is 0 Å². The maximum atomic E-state index is 5.35. The number of fused-ring (bicyclic) bond motifs is 1. The zero-order valence-electron chi connectivity index (χ0n) is 16.0. The van der Waals surface area contributed by atoms with Crippen molar-refractivity contribution < 1.29 is 4.74 Å². The maximum Gasteiger partial charge on any atom is 0.191 e. The van der Waals surface area contributed by atoms with Crippen LogP contribution in [0, 0.1) is 0 Å². The van der Waals surface area contributed by atoms with Crippen LogP contribution in [0.25, 0.3) is 0 Å². The minimum atomic E-state index is 0. The summed E-state index contributed by atoms with van der Waals surface area (Å²) in [6, 6.07) is 0.336. The fourth-order valence-electron chi connectivity index (χ4n) is 3.21. The SMILES string of the molecule is CN=C(NCCC1=CCOCC1)NC1CCc2nc(C(C)C)nn2C1.I. The summed E-state index contributed by atoms with van der Waals surface area (Å²) in [7, 11) is 1.82. The number of ether oxygens (including phenoxy) is 1. The summed E-state index contributed by atoms with van der Waals surface area (Å²) in [4.78, 5) is 9.01. The highest BCUT2D eigenvalue weighted by atomic mass is 127. The molecule has 0 fully saturated rings. The van der Waals surface area contributed by atoms with Crippen molar-refractivity contribution in [2.75, 3.05) is 26.8 Å². The number of rotatable bonds is 5. The molecule has 1 unspecified atom stereocenters. The van der Waals surface area contributed by atoms with Gasteiger partial charge in [-0.05, 0) is 19.3 Å². The zero-order chi connectivity index (χ0) is 17.6. The van der Waals surface area contributed by atoms with Gasteiger partial charge in [0, 0.05) is 32.0 Å². The number of nitrogens with one attached hydrogen (secondary N) is 2. The number of aliphatic imine (C=N–C) groups is 1. The van der Waals surface area contributed by atoms with Crippen molar-refractivity contribution in [3.63, 3.8) is 0 Å². The van der Waals surface area contributed by atoms with Gasteiger partial charge < -0.3 is 15.4 Å². The van der Waals surface area contributed by atoms with Crippen molar-refractivity contribution in [2.24, 2.45) is 4.99 Å². The Hall–Kier alpha value is -1.16. The molecule has 1 aromatic heterocycles. The summed E-state index contributed by atoms with van der Waals surface area (Å²) in [6.07, 6.45) is 6.30. The number of aromatic nitrogens is 3. The summed E-state index contributed by atoms with van der Waals surface area (Å²) in [6.45, 7) is 7.61. The highest BCUT2D eigenvalue weighted by Crippen LogP contribution is 2.17. The normalized spacial score (nSPS) is 20.2. The Morgan fingerprint density at radius 2 is 2.27 bits per heavy atom. The average molecular weight is 474 g/mol. The van der Waals surface area contributed by atoms with Crippen LogP contribution in [-0.4, -0.2) is 53.6 Å². The summed E-state index contributed by atoms with van der Waals surface area (Å²) < 4.78 is 7.40. The van der Waals surface area contributed by atoms with Gasteiger partial charge >= 0.3 is 0 Å². The molecule has 3 heterocycles. The van der Waals surface area contributed by atoms with Gasteiger partial charge in [-0.3, -0.25) is 4.99 Å². The molecule has 1 atom stereocenters. The highest BCUT2D eigenvalue weighted by Gasteiger charge is 2.23. The second kappa shape index (κ2) is 10.2. The topological polar surface area (TPSA) is 76.4 Å². The first-order valence-electron chi connectivity index (χ1n) is 9.32. The van der Waals surface area contributed by atoms with Crippen molar-refractivity contribution in [2.45, 2.75) is 58.0 Å². The molecule has 7 nitrogen and oxygen atoms in total. The first kappa shape index (κ1) is 21.1. The number of nitrogens with zero attached hydrogens (tertiary/aromatic N) is 4. The molecule has 3 rings (SSSR count). The predicted molar refractivity (Wildman–Crippen MR) is 114 cm³/mol. The Labute approximate surface area is 173 Å². The molecule has 0 saturated carbocycles. The third kappa shape index (κ3) is 5.67. The lowest BCUT2D eigenvalue weighted by Crippen LogP contribution is -2.47. The van der Waals surface area contributed by atoms with E-state index in [4.69, 9.17) is 4.74 Å². The minimum absolute atomic E-state index is 0. The van der Waals surface area contributed by atoms with Gasteiger partial charge in [-0.25, -0.2) is 9.67 Å². The lowest BCUT2D eigenvalue weighted by atomic mass is 10.1. The first-order valence-corrected chi connectivity index (χ1v) is 9.32. The molecule has 1 aromatic rings. The molecule has 146 valence electrons. The minimum Gasteiger partial charge on any atom is -0.377 e. The van der Waals surface area contributed by atoms with Gasteiger partial charge in [-0.15, -0.1) is 24.0 Å². The molecular formula is C18H31IN6O. The molecule has 0 bridgehead atoms. The summed E-state index contributed by atoms with van der Waals surface area (Å²) in [5, 5.41) is 11.6. The van der Waals surface area contributed by atoms with E-state index in [2.05, 4.69) is 50.3 Å². The standard InChI is InChI=1S/C18H30N6O.HI/c1-13(2)17-22-16-5-4-15(12-24(16)23-17)21-18(19-3)20-9-6-14-7-10-25-11-8-14;/h7,13,15H,4-6,8-12H2,1-3H3,(H2,19,20,21);1H. The van der Waals surface area contributed by atoms with Gasteiger partial charge in [0.1, 0.15) is 5.82 Å². The monoisotopic (exact) mass is 474 g/mol. The molecule has 2 aliphatic rings. The first-order chi connectivity index (χ1) is 12.2. The smallest absolute Gasteiger partial charge is 0.191 e. The Bertz CT molecular complexity index is 640. The van der Waals surface area contributed by atoms with E-state index >= 15 is 0 Å². The van der Waals surface area contributed by atoms with Crippen molar-refractivity contribution >= 4 is 29.9 Å². The third-order valence-corrected chi connectivity index (χ3v) is 4.75. The molecule has 2 aliphatic heterocycles. The van der Waals surface area contributed by atoms with Crippen molar-refractivity contribution in [1.82, 2.24) is 25.4 Å². The molecule has 26 heavy (non-hydrogen) atoms. The van der Waals surface area contributed by atoms with Crippen LogP contribution >= 0.6 is 24.0 Å². The predicted octanol–water partition coefficient (Wildman–Crippen LogP) is 2.24. The Kier molecular flexibility index (Phi) is 8.33. The molecule has 0 aliphatic carbocycles. The second-order valence-electron chi connectivity index (χ2n) is 7.04. The van der Waals surface area contributed by atoms with E-state index in [0.29, 0.717) is 12.0 Å². The molecule has 8 heteroatoms. The van der Waals surface area contributed by atoms with Gasteiger partial charge in [0.05, 0.1) is 19.8 Å². The van der Waals surface area contributed by atoms with E-state index in [1.807, 2.05) is 7.05 Å². The number of hydrogen-bond acceptors (Lipinski definition) is 4. The van der Waals surface area contributed by atoms with Gasteiger partial charge in [0.2, 0.25) is 0 Å². The highest BCUT2D eigenvalue weighted by molar-refractivity contribution is 14.0. The maximum absolute atomic E-state index is 5.35. The second-order valence-corrected chi connectivity index (χ2v) is 7.04. The van der Waals surface area contributed by atoms with E-state index in [0.717, 1.165) is 69.6 Å². The summed E-state index contributed by atoms with van der Waals surface area (Å²) in [5.74, 6) is 3.29. The number of guanidine groups is 1. The van der Waals surface area contributed by atoms with E-state index in [-0.39, 0.29) is 24.0 Å². The fraction of sp³-hybridized carbons (Fsp3) is 0.722. The van der Waals surface area contributed by atoms with Gasteiger partial charge in [-0.2, -0.15) is 5.10 Å². The van der Waals surface area contributed by atoms with Crippen molar-refractivity contribution in [3.05, 3.63) is 23.3 Å². The van der Waals surface area contributed by atoms with E-state index in [1.165, 1.54) is 5.57 Å². The van der Waals surface area contributed by atoms with Gasteiger partial charge in [-0.1, -0.05) is 25.5 Å². The number of aryl methyl sites for hydroxylation is 1. The average Bonchev–Trinajstić information content (AvgIpc) is 3.05. The largest absolute Gasteiger partial charge is 0.377 e. The zero-order valence-corrected chi connectivity index (χ0v) is 18.3. The summed E-state index contributed by atoms with van der Waals surface area (Å²) >= 11 is 0. The molecule has 2 N–H and O–H groups in total. The molecule has 0 spiro atoms. The number of halogens is 1. The van der Waals surface area contributed by atoms with Crippen LogP contribution in [0.15, 0.2) is 16.6 Å². The molecular weight excluding hydrogens is 443 g/mol. The van der Waals surface area contributed by atoms with Crippen molar-refractivity contribution in [3.8, 4) is 0 Å². The van der Waals surface area contributed by atoms with Crippen LogP contribution in [0.5, 0.6) is 0 Å². The molecule has 0 radical (unpaired) electrons. The quantitative estimate of drug-likeness (QED) is 0.296. The molecule has 0 amide bonds. The third-order valence-electron chi connectivity index (χ3n) is 4.75. The Balaban J connectivity index is 0.00000243. The van der Waals surface area contributed by atoms with Crippen LogP contribution in [-0.2, 0) is 17.7 Å². The van der Waals surface area contributed by atoms with Crippen LogP contribution in [0.4, 0.5) is 0 Å². The Morgan fingerprint density at radius 3 is 2.96 bits per heavy atom. The Morgan fingerprint density at radius 1 is 1.42 bits per heavy atom. The van der Waals surface area contributed by atoms with E-state index < -0.39 is 0 Å². The van der Waals surface area contributed by atoms with Crippen LogP contribution in [0.1, 0.15) is 50.7 Å². The van der Waals surface area contributed by atoms with Crippen LogP contribution in [0.2, 0.25) is 0 Å². The van der Waals surface area contributed by atoms with E-state index in [9.17, 15) is 0 Å². The van der Waals surface area contributed by atoms with Crippen LogP contribution in [0.3, 0.4) is 0 Å². The fourth-order valence-corrected chi connectivity index (χ4v) is 3.21. The lowest BCUT2D eigenvalue weighted by molar-refractivity contribution is 0.153. The lowest BCUT2D eigenvalue weighted by Gasteiger charge is -2.25. The van der Waals surface area contributed by atoms with Crippen LogP contribution < -0.4 is 10.6 Å². The van der Waals surface area contributed by atoms with Gasteiger partial charge in [0.15, 0.2) is 11.8 Å².